The Labute approximate surface area is 471 Å². The van der Waals surface area contributed by atoms with Crippen LogP contribution in [0.3, 0.4) is 0 Å². The Bertz CT molecular complexity index is 5500. The van der Waals surface area contributed by atoms with Crippen LogP contribution in [0.2, 0.25) is 0 Å². The molecule has 19 rings (SSSR count). The monoisotopic (exact) mass is 1040 g/mol. The topological polar surface area (TPSA) is 60.7 Å². The molecule has 0 bridgehead atoms. The van der Waals surface area contributed by atoms with Crippen LogP contribution in [0.1, 0.15) is 23.1 Å². The van der Waals surface area contributed by atoms with E-state index in [4.69, 9.17) is 0 Å². The summed E-state index contributed by atoms with van der Waals surface area (Å²) in [6.07, 6.45) is 19.4. The van der Waals surface area contributed by atoms with E-state index in [2.05, 4.69) is 257 Å². The van der Waals surface area contributed by atoms with Crippen LogP contribution in [-0.4, -0.2) is 15.8 Å². The molecule has 5 nitrogen and oxygen atoms in total. The molecule has 6 heteroatoms. The first-order valence-corrected chi connectivity index (χ1v) is 28.3. The molecule has 1 atom stereocenters. The maximum atomic E-state index is 12.3. The first kappa shape index (κ1) is 44.0. The molecule has 11 aromatic carbocycles. The number of nitrogens with zero attached hydrogens (tertiary/aromatic N) is 5. The fourth-order valence-corrected chi connectivity index (χ4v) is 15.7. The summed E-state index contributed by atoms with van der Waals surface area (Å²) < 4.78 is 4.62. The highest BCUT2D eigenvalue weighted by atomic mass is 15.2. The Hall–Kier alpha value is -10.9. The summed E-state index contributed by atoms with van der Waals surface area (Å²) in [4.78, 5) is 2.29. The Morgan fingerprint density at radius 1 is 0.488 bits per heavy atom. The molecule has 0 amide bonds. The maximum Gasteiger partial charge on any atom is 0.252 e. The molecule has 374 valence electrons. The van der Waals surface area contributed by atoms with E-state index in [1.54, 1.807) is 0 Å². The molecule has 0 N–H and O–H groups in total. The van der Waals surface area contributed by atoms with Crippen molar-refractivity contribution in [2.45, 2.75) is 6.42 Å². The number of rotatable bonds is 4. The molecule has 4 aliphatic carbocycles. The van der Waals surface area contributed by atoms with Crippen molar-refractivity contribution in [1.82, 2.24) is 9.13 Å². The molecule has 0 saturated carbocycles. The quantitative estimate of drug-likeness (QED) is 0.130. The van der Waals surface area contributed by atoms with E-state index in [0.29, 0.717) is 16.8 Å². The zero-order chi connectivity index (χ0) is 53.6. The van der Waals surface area contributed by atoms with Gasteiger partial charge in [0.25, 0.3) is 6.71 Å². The van der Waals surface area contributed by atoms with Gasteiger partial charge < -0.3 is 14.0 Å². The van der Waals surface area contributed by atoms with Gasteiger partial charge in [-0.05, 0) is 154 Å². The van der Waals surface area contributed by atoms with Gasteiger partial charge in [-0.1, -0.05) is 188 Å². The van der Waals surface area contributed by atoms with E-state index in [1.807, 2.05) is 6.07 Å². The third-order valence-electron chi connectivity index (χ3n) is 19.0. The fraction of sp³-hybridized carbons (Fsp3) is 0.0263. The molecule has 2 aliphatic heterocycles. The molecule has 0 saturated heterocycles. The summed E-state index contributed by atoms with van der Waals surface area (Å²) in [6, 6.07) is 74.0. The van der Waals surface area contributed by atoms with E-state index in [1.165, 1.54) is 65.8 Å². The van der Waals surface area contributed by atoms with Gasteiger partial charge >= 0.3 is 0 Å². The van der Waals surface area contributed by atoms with Crippen molar-refractivity contribution < 1.29 is 0 Å². The number of para-hydroxylation sites is 4. The van der Waals surface area contributed by atoms with E-state index in [0.717, 1.165) is 106 Å². The molecular formula is C76H42BN5. The van der Waals surface area contributed by atoms with Gasteiger partial charge in [0.1, 0.15) is 23.3 Å². The van der Waals surface area contributed by atoms with Crippen LogP contribution in [-0.2, 0) is 0 Å². The van der Waals surface area contributed by atoms with Crippen LogP contribution in [0.15, 0.2) is 265 Å². The van der Waals surface area contributed by atoms with Crippen molar-refractivity contribution in [2.75, 3.05) is 4.90 Å². The SMILES string of the molecule is N#Cc1c2c3c(c(C#N)c1-n1c4ccc(C5=C6C=CC7=C8C(=CC=C(C=C5)C68)CC=C7)cc4c4cc(-c5ccc6ccc7cccc8ccc5c6c78)ccc41)-n1c4ccccc4c4cccc(c41)B3c1ccccc1N2c1ccccc1. The normalized spacial score (nSPS) is 16.2. The van der Waals surface area contributed by atoms with Crippen LogP contribution < -0.4 is 21.3 Å². The summed E-state index contributed by atoms with van der Waals surface area (Å²) in [5.41, 5.74) is 23.5. The average molecular weight is 1040 g/mol. The van der Waals surface area contributed by atoms with Crippen LogP contribution in [0.25, 0.3) is 104 Å². The third-order valence-corrected chi connectivity index (χ3v) is 19.0. The van der Waals surface area contributed by atoms with E-state index < -0.39 is 0 Å². The first-order valence-electron chi connectivity index (χ1n) is 28.3. The first-order chi connectivity index (χ1) is 40.6. The fourth-order valence-electron chi connectivity index (χ4n) is 15.7. The second-order valence-electron chi connectivity index (χ2n) is 22.8. The lowest BCUT2D eigenvalue weighted by atomic mass is 9.33. The number of benzene rings is 11. The third kappa shape index (κ3) is 5.51. The Kier molecular flexibility index (Phi) is 8.53. The zero-order valence-electron chi connectivity index (χ0n) is 44.1. The highest BCUT2D eigenvalue weighted by Gasteiger charge is 2.46. The van der Waals surface area contributed by atoms with Crippen molar-refractivity contribution in [1.29, 1.82) is 10.5 Å². The van der Waals surface area contributed by atoms with Crippen molar-refractivity contribution in [2.24, 2.45) is 5.92 Å². The van der Waals surface area contributed by atoms with Crippen molar-refractivity contribution >= 4 is 122 Å². The molecule has 4 heterocycles. The molecule has 0 spiro atoms. The van der Waals surface area contributed by atoms with Crippen molar-refractivity contribution in [3.8, 4) is 34.6 Å². The smallest absolute Gasteiger partial charge is 0.252 e. The van der Waals surface area contributed by atoms with Gasteiger partial charge in [-0.15, -0.1) is 0 Å². The molecule has 13 aromatic rings. The minimum Gasteiger partial charge on any atom is -0.310 e. The molecule has 82 heavy (non-hydrogen) atoms. The second kappa shape index (κ2) is 15.9. The number of hydrogen-bond acceptors (Lipinski definition) is 3. The van der Waals surface area contributed by atoms with Crippen LogP contribution in [0.5, 0.6) is 0 Å². The van der Waals surface area contributed by atoms with Gasteiger partial charge in [0.15, 0.2) is 0 Å². The predicted octanol–water partition coefficient (Wildman–Crippen LogP) is 16.4. The highest BCUT2D eigenvalue weighted by Crippen LogP contribution is 2.52. The number of aromatic nitrogens is 2. The molecule has 1 unspecified atom stereocenters. The summed E-state index contributed by atoms with van der Waals surface area (Å²) in [6.45, 7) is -0.266. The van der Waals surface area contributed by atoms with Gasteiger partial charge in [0.05, 0.1) is 33.6 Å². The number of hydrogen-bond donors (Lipinski definition) is 0. The summed E-state index contributed by atoms with van der Waals surface area (Å²) >= 11 is 0. The molecule has 0 radical (unpaired) electrons. The van der Waals surface area contributed by atoms with Gasteiger partial charge in [-0.2, -0.15) is 10.5 Å². The minimum atomic E-state index is -0.266. The Balaban J connectivity index is 0.947. The molecule has 2 aromatic heterocycles. The van der Waals surface area contributed by atoms with E-state index >= 15 is 0 Å². The number of nitriles is 2. The van der Waals surface area contributed by atoms with Gasteiger partial charge in [-0.3, -0.25) is 0 Å². The van der Waals surface area contributed by atoms with Crippen LogP contribution in [0, 0.1) is 28.6 Å². The summed E-state index contributed by atoms with van der Waals surface area (Å²) in [5, 5.41) is 36.4. The van der Waals surface area contributed by atoms with Crippen molar-refractivity contribution in [3.63, 3.8) is 0 Å². The largest absolute Gasteiger partial charge is 0.310 e. The van der Waals surface area contributed by atoms with Gasteiger partial charge in [0, 0.05) is 44.4 Å². The van der Waals surface area contributed by atoms with Crippen LogP contribution in [0.4, 0.5) is 17.1 Å². The number of anilines is 3. The van der Waals surface area contributed by atoms with Gasteiger partial charge in [0.2, 0.25) is 0 Å². The standard InChI is InChI=1S/C76H42BN5/c78-41-60-73(61(42-79)76-72-75(60)80(51-15-2-1-3-16-51)67-22-7-5-19-62(67)77(72)63-20-10-18-57-54-17-4-6-21-64(54)82(76)74(57)63)81-65-37-31-49(52-33-27-47-25-23-43-11-8-13-45-29-35-55(52)70(47)68(43)45)39-58(65)59-40-50(32-38-66(59)81)53-34-28-48-26-24-44-12-9-14-46-30-36-56(53)71(48)69(44)46/h1-11,13-40,71H,12H2. The zero-order valence-corrected chi connectivity index (χ0v) is 44.1. The summed E-state index contributed by atoms with van der Waals surface area (Å²) in [5.74, 6) is 0.162. The molecular weight excluding hydrogens is 994 g/mol. The molecule has 0 fully saturated rings. The predicted molar refractivity (Wildman–Crippen MR) is 339 cm³/mol. The lowest BCUT2D eigenvalue weighted by molar-refractivity contribution is 0.835. The van der Waals surface area contributed by atoms with E-state index in [9.17, 15) is 10.5 Å². The highest BCUT2D eigenvalue weighted by molar-refractivity contribution is 7.00. The van der Waals surface area contributed by atoms with Crippen molar-refractivity contribution in [3.05, 3.63) is 281 Å². The Morgan fingerprint density at radius 2 is 1.18 bits per heavy atom. The van der Waals surface area contributed by atoms with Crippen LogP contribution >= 0.6 is 0 Å². The number of fused-ring (bicyclic) bond motifs is 10. The lowest BCUT2D eigenvalue weighted by Gasteiger charge is -2.41. The van der Waals surface area contributed by atoms with E-state index in [-0.39, 0.29) is 12.6 Å². The van der Waals surface area contributed by atoms with Gasteiger partial charge in [-0.25, -0.2) is 0 Å². The Morgan fingerprint density at radius 3 is 2.04 bits per heavy atom. The number of allylic oxidation sites excluding steroid dienone is 14. The second-order valence-corrected chi connectivity index (χ2v) is 22.8. The minimum absolute atomic E-state index is 0.162. The average Bonchev–Trinajstić information content (AvgIpc) is 1.43. The molecule has 6 aliphatic rings. The maximum absolute atomic E-state index is 12.3. The summed E-state index contributed by atoms with van der Waals surface area (Å²) in [7, 11) is 0. The lowest BCUT2D eigenvalue weighted by Crippen LogP contribution is -2.61.